The van der Waals surface area contributed by atoms with Crippen LogP contribution in [0.3, 0.4) is 0 Å². The fraction of sp³-hybridized carbons (Fsp3) is 0.409. The minimum atomic E-state index is -4.48. The molecule has 32 heavy (non-hydrogen) atoms. The summed E-state index contributed by atoms with van der Waals surface area (Å²) in [6.07, 6.45) is -0.363. The Morgan fingerprint density at radius 1 is 1.06 bits per heavy atom. The Balaban J connectivity index is 1.40. The highest BCUT2D eigenvalue weighted by Crippen LogP contribution is 2.44. The highest BCUT2D eigenvalue weighted by atomic mass is 19.4. The Morgan fingerprint density at radius 3 is 2.56 bits per heavy atom. The minimum absolute atomic E-state index is 0.0341. The molecule has 1 aliphatic carbocycles. The number of ether oxygens (including phenoxy) is 2. The molecule has 0 spiro atoms. The number of amides is 1. The monoisotopic (exact) mass is 446 g/mol. The van der Waals surface area contributed by atoms with Crippen molar-refractivity contribution in [3.05, 3.63) is 53.5 Å². The second-order valence-corrected chi connectivity index (χ2v) is 8.09. The molecule has 0 unspecified atom stereocenters. The van der Waals surface area contributed by atoms with Crippen LogP contribution in [0.5, 0.6) is 11.5 Å². The first kappa shape index (κ1) is 20.6. The highest BCUT2D eigenvalue weighted by molar-refractivity contribution is 5.88. The summed E-state index contributed by atoms with van der Waals surface area (Å²) in [7, 11) is 0. The van der Waals surface area contributed by atoms with Gasteiger partial charge >= 0.3 is 6.18 Å². The molecule has 5 rings (SSSR count). The number of hydrogen-bond donors (Lipinski definition) is 1. The van der Waals surface area contributed by atoms with Gasteiger partial charge in [-0.1, -0.05) is 18.9 Å². The Kier molecular flexibility index (Phi) is 4.94. The van der Waals surface area contributed by atoms with E-state index in [1.165, 1.54) is 10.5 Å². The number of alkyl halides is 3. The third kappa shape index (κ3) is 3.53. The molecule has 1 N–H and O–H groups in total. The topological polar surface area (TPSA) is 77.8 Å². The first-order chi connectivity index (χ1) is 15.4. The van der Waals surface area contributed by atoms with Gasteiger partial charge in [0.05, 0.1) is 17.5 Å². The van der Waals surface area contributed by atoms with Crippen molar-refractivity contribution in [1.29, 1.82) is 0 Å². The largest absolute Gasteiger partial charge is 0.486 e. The van der Waals surface area contributed by atoms with Gasteiger partial charge in [-0.25, -0.2) is 0 Å². The lowest BCUT2D eigenvalue weighted by Crippen LogP contribution is -2.42. The van der Waals surface area contributed by atoms with Crippen LogP contribution in [0.1, 0.15) is 42.6 Å². The molecule has 1 saturated carbocycles. The predicted molar refractivity (Wildman–Crippen MR) is 107 cm³/mol. The van der Waals surface area contributed by atoms with Crippen molar-refractivity contribution < 1.29 is 27.4 Å². The zero-order valence-electron chi connectivity index (χ0n) is 17.1. The zero-order chi connectivity index (χ0) is 22.3. The van der Waals surface area contributed by atoms with Crippen LogP contribution in [0.25, 0.3) is 5.65 Å². The van der Waals surface area contributed by atoms with E-state index in [0.717, 1.165) is 30.7 Å². The van der Waals surface area contributed by atoms with Gasteiger partial charge in [-0.2, -0.15) is 13.2 Å². The van der Waals surface area contributed by atoms with Gasteiger partial charge in [0.1, 0.15) is 13.2 Å². The minimum Gasteiger partial charge on any atom is -0.486 e. The maximum Gasteiger partial charge on any atom is 0.417 e. The van der Waals surface area contributed by atoms with Gasteiger partial charge in [-0.15, -0.1) is 10.2 Å². The molecule has 1 aromatic carbocycles. The SMILES string of the molecule is O=C(NCc1nnc2ccc(C(F)(F)F)cn12)C1(c2ccc3c(c2)OCCO3)CCCC1. The number of nitrogens with one attached hydrogen (secondary N) is 1. The molecular weight excluding hydrogens is 425 g/mol. The third-order valence-corrected chi connectivity index (χ3v) is 6.19. The smallest absolute Gasteiger partial charge is 0.417 e. The number of aromatic nitrogens is 3. The molecule has 0 bridgehead atoms. The van der Waals surface area contributed by atoms with Crippen LogP contribution in [0.15, 0.2) is 36.5 Å². The molecule has 1 amide bonds. The van der Waals surface area contributed by atoms with Crippen LogP contribution in [0, 0.1) is 0 Å². The molecule has 7 nitrogen and oxygen atoms in total. The number of benzene rings is 1. The molecule has 1 fully saturated rings. The summed E-state index contributed by atoms with van der Waals surface area (Å²) in [4.78, 5) is 13.4. The normalized spacial score (nSPS) is 17.5. The van der Waals surface area contributed by atoms with E-state index in [2.05, 4.69) is 15.5 Å². The number of halogens is 3. The lowest BCUT2D eigenvalue weighted by atomic mass is 9.77. The molecule has 0 saturated heterocycles. The summed E-state index contributed by atoms with van der Waals surface area (Å²) in [6.45, 7) is 0.906. The maximum atomic E-state index is 13.4. The van der Waals surface area contributed by atoms with Gasteiger partial charge in [-0.05, 0) is 42.7 Å². The summed E-state index contributed by atoms with van der Waals surface area (Å²) in [6, 6.07) is 7.79. The molecule has 3 heterocycles. The standard InChI is InChI=1S/C22H21F3N4O3/c23-22(24,25)15-4-6-18-27-28-19(29(18)13-15)12-26-20(30)21(7-1-2-8-21)14-3-5-16-17(11-14)32-10-9-31-16/h3-6,11,13H,1-2,7-10,12H2,(H,26,30). The van der Waals surface area contributed by atoms with Crippen molar-refractivity contribution in [2.45, 2.75) is 43.8 Å². The van der Waals surface area contributed by atoms with E-state index in [4.69, 9.17) is 9.47 Å². The zero-order valence-corrected chi connectivity index (χ0v) is 17.1. The average molecular weight is 446 g/mol. The van der Waals surface area contributed by atoms with Crippen LogP contribution in [-0.2, 0) is 22.9 Å². The van der Waals surface area contributed by atoms with E-state index in [0.29, 0.717) is 37.6 Å². The number of fused-ring (bicyclic) bond motifs is 2. The molecule has 0 radical (unpaired) electrons. The van der Waals surface area contributed by atoms with Crippen LogP contribution >= 0.6 is 0 Å². The first-order valence-electron chi connectivity index (χ1n) is 10.5. The van der Waals surface area contributed by atoms with Crippen LogP contribution in [0.2, 0.25) is 0 Å². The van der Waals surface area contributed by atoms with E-state index in [9.17, 15) is 18.0 Å². The van der Waals surface area contributed by atoms with Crippen molar-refractivity contribution in [1.82, 2.24) is 19.9 Å². The van der Waals surface area contributed by atoms with Crippen molar-refractivity contribution in [2.75, 3.05) is 13.2 Å². The van der Waals surface area contributed by atoms with Gasteiger partial charge in [0.25, 0.3) is 0 Å². The van der Waals surface area contributed by atoms with Crippen LogP contribution in [-0.4, -0.2) is 33.7 Å². The van der Waals surface area contributed by atoms with Gasteiger partial charge in [-0.3, -0.25) is 9.20 Å². The second kappa shape index (κ2) is 7.68. The summed E-state index contributed by atoms with van der Waals surface area (Å²) < 4.78 is 51.8. The van der Waals surface area contributed by atoms with Gasteiger partial charge in [0.15, 0.2) is 23.0 Å². The lowest BCUT2D eigenvalue weighted by molar-refractivity contribution is -0.138. The molecule has 10 heteroatoms. The van der Waals surface area contributed by atoms with E-state index < -0.39 is 17.2 Å². The van der Waals surface area contributed by atoms with Crippen molar-refractivity contribution in [3.63, 3.8) is 0 Å². The van der Waals surface area contributed by atoms with Crippen LogP contribution in [0.4, 0.5) is 13.2 Å². The van der Waals surface area contributed by atoms with Gasteiger partial charge < -0.3 is 14.8 Å². The Morgan fingerprint density at radius 2 is 1.81 bits per heavy atom. The molecule has 168 valence electrons. The average Bonchev–Trinajstić information content (AvgIpc) is 3.44. The molecule has 3 aromatic rings. The fourth-order valence-corrected chi connectivity index (χ4v) is 4.52. The first-order valence-corrected chi connectivity index (χ1v) is 10.5. The lowest BCUT2D eigenvalue weighted by Gasteiger charge is -2.29. The number of carbonyl (C=O) groups excluding carboxylic acids is 1. The highest BCUT2D eigenvalue weighted by Gasteiger charge is 2.43. The third-order valence-electron chi connectivity index (χ3n) is 6.19. The summed E-state index contributed by atoms with van der Waals surface area (Å²) >= 11 is 0. The maximum absolute atomic E-state index is 13.4. The number of rotatable bonds is 4. The Bertz CT molecular complexity index is 1170. The van der Waals surface area contributed by atoms with Gasteiger partial charge in [0.2, 0.25) is 5.91 Å². The number of hydrogen-bond acceptors (Lipinski definition) is 5. The molecule has 2 aromatic heterocycles. The fourth-order valence-electron chi connectivity index (χ4n) is 4.52. The molecular formula is C22H21F3N4O3. The van der Waals surface area contributed by atoms with Crippen molar-refractivity contribution in [3.8, 4) is 11.5 Å². The van der Waals surface area contributed by atoms with E-state index in [1.807, 2.05) is 18.2 Å². The molecule has 1 aliphatic heterocycles. The Labute approximate surface area is 181 Å². The quantitative estimate of drug-likeness (QED) is 0.662. The summed E-state index contributed by atoms with van der Waals surface area (Å²) in [5, 5.41) is 10.8. The summed E-state index contributed by atoms with van der Waals surface area (Å²) in [5.74, 6) is 1.32. The van der Waals surface area contributed by atoms with Gasteiger partial charge in [0, 0.05) is 6.20 Å². The van der Waals surface area contributed by atoms with E-state index in [-0.39, 0.29) is 23.9 Å². The molecule has 0 atom stereocenters. The van der Waals surface area contributed by atoms with Crippen LogP contribution < -0.4 is 14.8 Å². The van der Waals surface area contributed by atoms with E-state index in [1.54, 1.807) is 0 Å². The number of pyridine rings is 1. The number of carbonyl (C=O) groups is 1. The number of nitrogens with zero attached hydrogens (tertiary/aromatic N) is 3. The Hall–Kier alpha value is -3.30. The summed E-state index contributed by atoms with van der Waals surface area (Å²) in [5.41, 5.74) is -0.402. The van der Waals surface area contributed by atoms with E-state index >= 15 is 0 Å². The second-order valence-electron chi connectivity index (χ2n) is 8.09. The molecule has 2 aliphatic rings. The predicted octanol–water partition coefficient (Wildman–Crippen LogP) is 3.65. The van der Waals surface area contributed by atoms with Crippen molar-refractivity contribution >= 4 is 11.6 Å². The van der Waals surface area contributed by atoms with Crippen molar-refractivity contribution in [2.24, 2.45) is 0 Å².